The van der Waals surface area contributed by atoms with E-state index in [4.69, 9.17) is 9.47 Å². The lowest BCUT2D eigenvalue weighted by Gasteiger charge is -2.21. The standard InChI is InChI=1S/C17H19BrO2/c1-12(18)17(13-4-8-15(19-2)9-5-13)14-6-10-16(20-3)11-7-14/h4-12,17H,1-3H3. The van der Waals surface area contributed by atoms with Crippen molar-refractivity contribution < 1.29 is 9.47 Å². The first-order chi connectivity index (χ1) is 9.65. The monoisotopic (exact) mass is 334 g/mol. The van der Waals surface area contributed by atoms with Gasteiger partial charge in [-0.2, -0.15) is 0 Å². The fourth-order valence-corrected chi connectivity index (χ4v) is 2.96. The maximum absolute atomic E-state index is 5.22. The summed E-state index contributed by atoms with van der Waals surface area (Å²) >= 11 is 3.72. The van der Waals surface area contributed by atoms with Crippen LogP contribution in [-0.4, -0.2) is 19.0 Å². The molecule has 0 amide bonds. The second-order valence-electron chi connectivity index (χ2n) is 4.70. The molecule has 0 N–H and O–H groups in total. The van der Waals surface area contributed by atoms with Crippen LogP contribution in [0.4, 0.5) is 0 Å². The van der Waals surface area contributed by atoms with Crippen LogP contribution in [0.5, 0.6) is 11.5 Å². The summed E-state index contributed by atoms with van der Waals surface area (Å²) in [5.74, 6) is 2.06. The Morgan fingerprint density at radius 3 is 1.35 bits per heavy atom. The van der Waals surface area contributed by atoms with Crippen LogP contribution in [0.3, 0.4) is 0 Å². The van der Waals surface area contributed by atoms with Gasteiger partial charge < -0.3 is 9.47 Å². The minimum Gasteiger partial charge on any atom is -0.497 e. The zero-order valence-electron chi connectivity index (χ0n) is 12.0. The predicted molar refractivity (Wildman–Crippen MR) is 86.2 cm³/mol. The third-order valence-electron chi connectivity index (χ3n) is 3.41. The Labute approximate surface area is 128 Å². The lowest BCUT2D eigenvalue weighted by molar-refractivity contribution is 0.414. The zero-order chi connectivity index (χ0) is 14.5. The molecule has 0 fully saturated rings. The highest BCUT2D eigenvalue weighted by Gasteiger charge is 2.19. The van der Waals surface area contributed by atoms with Crippen LogP contribution in [0.25, 0.3) is 0 Å². The molecule has 2 aromatic carbocycles. The van der Waals surface area contributed by atoms with Crippen LogP contribution in [0, 0.1) is 0 Å². The fourth-order valence-electron chi connectivity index (χ4n) is 2.35. The maximum atomic E-state index is 5.22. The first-order valence-corrected chi connectivity index (χ1v) is 7.49. The van der Waals surface area contributed by atoms with E-state index in [1.807, 2.05) is 24.3 Å². The molecule has 0 aliphatic rings. The number of methoxy groups -OCH3 is 2. The number of alkyl halides is 1. The lowest BCUT2D eigenvalue weighted by Crippen LogP contribution is -2.10. The average Bonchev–Trinajstić information content (AvgIpc) is 2.48. The second kappa shape index (κ2) is 6.80. The van der Waals surface area contributed by atoms with Gasteiger partial charge in [-0.15, -0.1) is 0 Å². The van der Waals surface area contributed by atoms with E-state index in [0.29, 0.717) is 10.7 Å². The van der Waals surface area contributed by atoms with Gasteiger partial charge >= 0.3 is 0 Å². The van der Waals surface area contributed by atoms with Crippen molar-refractivity contribution in [3.63, 3.8) is 0 Å². The largest absolute Gasteiger partial charge is 0.497 e. The molecule has 0 aliphatic heterocycles. The Morgan fingerprint density at radius 2 is 1.10 bits per heavy atom. The maximum Gasteiger partial charge on any atom is 0.118 e. The smallest absolute Gasteiger partial charge is 0.118 e. The van der Waals surface area contributed by atoms with Crippen molar-refractivity contribution in [3.8, 4) is 11.5 Å². The fraction of sp³-hybridized carbons (Fsp3) is 0.294. The summed E-state index contributed by atoms with van der Waals surface area (Å²) in [4.78, 5) is 0.337. The number of rotatable bonds is 5. The summed E-state index contributed by atoms with van der Waals surface area (Å²) in [5.41, 5.74) is 2.53. The number of ether oxygens (including phenoxy) is 2. The molecule has 0 saturated carbocycles. The van der Waals surface area contributed by atoms with Gasteiger partial charge in [0.15, 0.2) is 0 Å². The first-order valence-electron chi connectivity index (χ1n) is 6.57. The van der Waals surface area contributed by atoms with Crippen LogP contribution in [0.2, 0.25) is 0 Å². The highest BCUT2D eigenvalue weighted by atomic mass is 79.9. The van der Waals surface area contributed by atoms with E-state index < -0.39 is 0 Å². The van der Waals surface area contributed by atoms with Crippen molar-refractivity contribution in [2.24, 2.45) is 0 Å². The summed E-state index contributed by atoms with van der Waals surface area (Å²) in [6.45, 7) is 2.17. The number of halogens is 1. The van der Waals surface area contributed by atoms with Crippen LogP contribution in [0.1, 0.15) is 24.0 Å². The molecule has 0 aliphatic carbocycles. The quantitative estimate of drug-likeness (QED) is 0.743. The van der Waals surface area contributed by atoms with Crippen LogP contribution >= 0.6 is 15.9 Å². The van der Waals surface area contributed by atoms with Gasteiger partial charge in [-0.3, -0.25) is 0 Å². The molecule has 20 heavy (non-hydrogen) atoms. The highest BCUT2D eigenvalue weighted by Crippen LogP contribution is 2.33. The van der Waals surface area contributed by atoms with Crippen molar-refractivity contribution >= 4 is 15.9 Å². The Kier molecular flexibility index (Phi) is 5.07. The second-order valence-corrected chi connectivity index (χ2v) is 6.15. The molecule has 0 bridgehead atoms. The summed E-state index contributed by atoms with van der Waals surface area (Å²) in [7, 11) is 3.37. The zero-order valence-corrected chi connectivity index (χ0v) is 13.6. The van der Waals surface area contributed by atoms with E-state index in [1.165, 1.54) is 11.1 Å². The van der Waals surface area contributed by atoms with E-state index in [9.17, 15) is 0 Å². The minimum absolute atomic E-state index is 0.298. The highest BCUT2D eigenvalue weighted by molar-refractivity contribution is 9.09. The molecular formula is C17H19BrO2. The van der Waals surface area contributed by atoms with Crippen molar-refractivity contribution in [1.29, 1.82) is 0 Å². The van der Waals surface area contributed by atoms with Gasteiger partial charge in [0, 0.05) is 10.7 Å². The van der Waals surface area contributed by atoms with Crippen molar-refractivity contribution in [1.82, 2.24) is 0 Å². The van der Waals surface area contributed by atoms with E-state index in [1.54, 1.807) is 14.2 Å². The third kappa shape index (κ3) is 3.34. The summed E-state index contributed by atoms with van der Waals surface area (Å²) < 4.78 is 10.4. The van der Waals surface area contributed by atoms with Crippen LogP contribution < -0.4 is 9.47 Å². The van der Waals surface area contributed by atoms with E-state index in [-0.39, 0.29) is 0 Å². The van der Waals surface area contributed by atoms with Crippen LogP contribution in [-0.2, 0) is 0 Å². The first kappa shape index (κ1) is 14.9. The molecule has 3 heteroatoms. The molecule has 2 aromatic rings. The van der Waals surface area contributed by atoms with Gasteiger partial charge in [0.25, 0.3) is 0 Å². The number of hydrogen-bond acceptors (Lipinski definition) is 2. The van der Waals surface area contributed by atoms with E-state index in [0.717, 1.165) is 11.5 Å². The number of hydrogen-bond donors (Lipinski definition) is 0. The van der Waals surface area contributed by atoms with Crippen LogP contribution in [0.15, 0.2) is 48.5 Å². The van der Waals surface area contributed by atoms with Gasteiger partial charge in [0.05, 0.1) is 14.2 Å². The summed E-state index contributed by atoms with van der Waals surface area (Å²) in [6.07, 6.45) is 0. The van der Waals surface area contributed by atoms with Gasteiger partial charge in [-0.25, -0.2) is 0 Å². The third-order valence-corrected chi connectivity index (χ3v) is 3.94. The van der Waals surface area contributed by atoms with Crippen molar-refractivity contribution in [2.45, 2.75) is 17.7 Å². The minimum atomic E-state index is 0.298. The molecule has 1 atom stereocenters. The SMILES string of the molecule is COc1ccc(C(c2ccc(OC)cc2)C(C)Br)cc1. The Bertz CT molecular complexity index is 484. The van der Waals surface area contributed by atoms with E-state index >= 15 is 0 Å². The average molecular weight is 335 g/mol. The number of benzene rings is 2. The molecule has 0 heterocycles. The Morgan fingerprint density at radius 1 is 0.750 bits per heavy atom. The van der Waals surface area contributed by atoms with Gasteiger partial charge in [-0.1, -0.05) is 47.1 Å². The van der Waals surface area contributed by atoms with Gasteiger partial charge in [0.2, 0.25) is 0 Å². The summed E-state index contributed by atoms with van der Waals surface area (Å²) in [5, 5.41) is 0. The van der Waals surface area contributed by atoms with E-state index in [2.05, 4.69) is 47.1 Å². The molecule has 0 radical (unpaired) electrons. The normalized spacial score (nSPS) is 12.2. The predicted octanol–water partition coefficient (Wildman–Crippen LogP) is 4.62. The summed E-state index contributed by atoms with van der Waals surface area (Å²) in [6, 6.07) is 16.5. The molecule has 106 valence electrons. The Balaban J connectivity index is 2.33. The molecule has 0 spiro atoms. The molecule has 2 nitrogen and oxygen atoms in total. The molecule has 0 saturated heterocycles. The molecule has 2 rings (SSSR count). The molecule has 1 unspecified atom stereocenters. The van der Waals surface area contributed by atoms with Crippen molar-refractivity contribution in [2.75, 3.05) is 14.2 Å². The van der Waals surface area contributed by atoms with Crippen molar-refractivity contribution in [3.05, 3.63) is 59.7 Å². The topological polar surface area (TPSA) is 18.5 Å². The molecular weight excluding hydrogens is 316 g/mol. The van der Waals surface area contributed by atoms with Gasteiger partial charge in [-0.05, 0) is 35.4 Å². The lowest BCUT2D eigenvalue weighted by atomic mass is 9.89. The van der Waals surface area contributed by atoms with Gasteiger partial charge in [0.1, 0.15) is 11.5 Å². The molecule has 0 aromatic heterocycles. The Hall–Kier alpha value is -1.48.